The monoisotopic (exact) mass is 247 g/mol. The Balaban J connectivity index is 2.99. The van der Waals surface area contributed by atoms with Crippen LogP contribution < -0.4 is 5.32 Å². The predicted molar refractivity (Wildman–Crippen MR) is 75.4 cm³/mol. The molecule has 0 saturated heterocycles. The lowest BCUT2D eigenvalue weighted by molar-refractivity contribution is 0.0772. The lowest BCUT2D eigenvalue weighted by atomic mass is 10.2. The van der Waals surface area contributed by atoms with Crippen LogP contribution in [0.2, 0.25) is 0 Å². The molecule has 0 radical (unpaired) electrons. The molecule has 0 aromatic carbocycles. The fourth-order valence-corrected chi connectivity index (χ4v) is 2.28. The number of ether oxygens (including phenoxy) is 1. The van der Waals surface area contributed by atoms with Gasteiger partial charge in [-0.25, -0.2) is 0 Å². The maximum absolute atomic E-state index is 5.47. The molecule has 0 aliphatic carbocycles. The van der Waals surface area contributed by atoms with Crippen molar-refractivity contribution in [2.45, 2.75) is 46.6 Å². The third-order valence-electron chi connectivity index (χ3n) is 2.47. The first kappa shape index (κ1) is 16.3. The molecule has 0 fully saturated rings. The van der Waals surface area contributed by atoms with E-state index in [-0.39, 0.29) is 0 Å². The second-order valence-corrected chi connectivity index (χ2v) is 5.76. The SMILES string of the molecule is CCC(C)CSCCNCCCOC(C)C. The summed E-state index contributed by atoms with van der Waals surface area (Å²) in [5.74, 6) is 3.40. The van der Waals surface area contributed by atoms with Crippen molar-refractivity contribution in [2.75, 3.05) is 31.2 Å². The molecule has 3 heteroatoms. The van der Waals surface area contributed by atoms with Gasteiger partial charge in [-0.3, -0.25) is 0 Å². The van der Waals surface area contributed by atoms with E-state index in [0.29, 0.717) is 6.10 Å². The van der Waals surface area contributed by atoms with Crippen LogP contribution in [0.5, 0.6) is 0 Å². The van der Waals surface area contributed by atoms with Gasteiger partial charge in [0.25, 0.3) is 0 Å². The molecule has 1 atom stereocenters. The number of hydrogen-bond acceptors (Lipinski definition) is 3. The van der Waals surface area contributed by atoms with E-state index in [1.807, 2.05) is 0 Å². The standard InChI is InChI=1S/C13H29NOS/c1-5-13(4)11-16-10-8-14-7-6-9-15-12(2)3/h12-14H,5-11H2,1-4H3. The van der Waals surface area contributed by atoms with E-state index in [0.717, 1.165) is 32.0 Å². The molecule has 0 bridgehead atoms. The van der Waals surface area contributed by atoms with Gasteiger partial charge < -0.3 is 10.1 Å². The highest BCUT2D eigenvalue weighted by Gasteiger charge is 1.98. The molecule has 16 heavy (non-hydrogen) atoms. The van der Waals surface area contributed by atoms with Crippen molar-refractivity contribution >= 4 is 11.8 Å². The lowest BCUT2D eigenvalue weighted by Gasteiger charge is -2.09. The van der Waals surface area contributed by atoms with Crippen molar-refractivity contribution in [3.63, 3.8) is 0 Å². The van der Waals surface area contributed by atoms with Gasteiger partial charge in [0, 0.05) is 18.9 Å². The highest BCUT2D eigenvalue weighted by atomic mass is 32.2. The second-order valence-electron chi connectivity index (χ2n) is 4.61. The van der Waals surface area contributed by atoms with E-state index >= 15 is 0 Å². The van der Waals surface area contributed by atoms with Crippen LogP contribution in [0.3, 0.4) is 0 Å². The highest BCUT2D eigenvalue weighted by molar-refractivity contribution is 7.99. The summed E-state index contributed by atoms with van der Waals surface area (Å²) in [5.41, 5.74) is 0. The van der Waals surface area contributed by atoms with Gasteiger partial charge in [0.05, 0.1) is 6.10 Å². The summed E-state index contributed by atoms with van der Waals surface area (Å²) < 4.78 is 5.47. The third kappa shape index (κ3) is 12.3. The number of rotatable bonds is 11. The minimum Gasteiger partial charge on any atom is -0.379 e. The molecule has 0 amide bonds. The summed E-state index contributed by atoms with van der Waals surface area (Å²) in [6.45, 7) is 11.8. The Morgan fingerprint density at radius 1 is 1.19 bits per heavy atom. The number of nitrogens with one attached hydrogen (secondary N) is 1. The Morgan fingerprint density at radius 3 is 2.56 bits per heavy atom. The summed E-state index contributed by atoms with van der Waals surface area (Å²) in [5, 5.41) is 3.45. The molecule has 0 aliphatic rings. The highest BCUT2D eigenvalue weighted by Crippen LogP contribution is 2.09. The fraction of sp³-hybridized carbons (Fsp3) is 1.00. The Morgan fingerprint density at radius 2 is 1.94 bits per heavy atom. The van der Waals surface area contributed by atoms with Crippen LogP contribution in [0.1, 0.15) is 40.5 Å². The van der Waals surface area contributed by atoms with E-state index in [4.69, 9.17) is 4.74 Å². The fourth-order valence-electron chi connectivity index (χ4n) is 1.19. The zero-order chi connectivity index (χ0) is 12.2. The largest absolute Gasteiger partial charge is 0.379 e. The molecule has 0 aliphatic heterocycles. The maximum atomic E-state index is 5.47. The minimum absolute atomic E-state index is 0.367. The van der Waals surface area contributed by atoms with Crippen LogP contribution in [0, 0.1) is 5.92 Å². The van der Waals surface area contributed by atoms with Crippen LogP contribution in [0.25, 0.3) is 0 Å². The minimum atomic E-state index is 0.367. The van der Waals surface area contributed by atoms with Gasteiger partial charge in [0.1, 0.15) is 0 Å². The van der Waals surface area contributed by atoms with Crippen molar-refractivity contribution < 1.29 is 4.74 Å². The van der Waals surface area contributed by atoms with Crippen molar-refractivity contribution in [3.8, 4) is 0 Å². The third-order valence-corrected chi connectivity index (χ3v) is 3.77. The molecule has 98 valence electrons. The van der Waals surface area contributed by atoms with Gasteiger partial charge in [-0.1, -0.05) is 20.3 Å². The van der Waals surface area contributed by atoms with Crippen LogP contribution >= 0.6 is 11.8 Å². The maximum Gasteiger partial charge on any atom is 0.0518 e. The number of hydrogen-bond donors (Lipinski definition) is 1. The van der Waals surface area contributed by atoms with Crippen molar-refractivity contribution in [1.82, 2.24) is 5.32 Å². The molecule has 0 aromatic rings. The molecule has 0 saturated carbocycles. The van der Waals surface area contributed by atoms with Crippen LogP contribution in [-0.2, 0) is 4.74 Å². The summed E-state index contributed by atoms with van der Waals surface area (Å²) >= 11 is 2.06. The van der Waals surface area contributed by atoms with Crippen molar-refractivity contribution in [1.29, 1.82) is 0 Å². The van der Waals surface area contributed by atoms with Gasteiger partial charge in [0.15, 0.2) is 0 Å². The van der Waals surface area contributed by atoms with Gasteiger partial charge in [-0.2, -0.15) is 11.8 Å². The molecule has 0 heterocycles. The molecule has 1 unspecified atom stereocenters. The molecular weight excluding hydrogens is 218 g/mol. The molecule has 2 nitrogen and oxygen atoms in total. The molecular formula is C13H29NOS. The topological polar surface area (TPSA) is 21.3 Å². The average Bonchev–Trinajstić information content (AvgIpc) is 2.26. The van der Waals surface area contributed by atoms with Crippen LogP contribution in [-0.4, -0.2) is 37.3 Å². The predicted octanol–water partition coefficient (Wildman–Crippen LogP) is 3.17. The second kappa shape index (κ2) is 11.7. The summed E-state index contributed by atoms with van der Waals surface area (Å²) in [6.07, 6.45) is 2.78. The number of thioether (sulfide) groups is 1. The van der Waals surface area contributed by atoms with E-state index < -0.39 is 0 Å². The van der Waals surface area contributed by atoms with E-state index in [1.165, 1.54) is 17.9 Å². The zero-order valence-electron chi connectivity index (χ0n) is 11.4. The van der Waals surface area contributed by atoms with Crippen LogP contribution in [0.4, 0.5) is 0 Å². The van der Waals surface area contributed by atoms with Gasteiger partial charge in [-0.15, -0.1) is 0 Å². The van der Waals surface area contributed by atoms with E-state index in [9.17, 15) is 0 Å². The molecule has 0 spiro atoms. The Labute approximate surface area is 106 Å². The van der Waals surface area contributed by atoms with Gasteiger partial charge in [-0.05, 0) is 38.5 Å². The summed E-state index contributed by atoms with van der Waals surface area (Å²) in [6, 6.07) is 0. The quantitative estimate of drug-likeness (QED) is 0.567. The Kier molecular flexibility index (Phi) is 11.9. The summed E-state index contributed by atoms with van der Waals surface area (Å²) in [7, 11) is 0. The summed E-state index contributed by atoms with van der Waals surface area (Å²) in [4.78, 5) is 0. The van der Waals surface area contributed by atoms with Crippen molar-refractivity contribution in [3.05, 3.63) is 0 Å². The smallest absolute Gasteiger partial charge is 0.0518 e. The Bertz CT molecular complexity index is 142. The van der Waals surface area contributed by atoms with E-state index in [1.54, 1.807) is 0 Å². The van der Waals surface area contributed by atoms with Gasteiger partial charge >= 0.3 is 0 Å². The first-order chi connectivity index (χ1) is 7.66. The Hall–Kier alpha value is 0.270. The van der Waals surface area contributed by atoms with Gasteiger partial charge in [0.2, 0.25) is 0 Å². The van der Waals surface area contributed by atoms with Crippen LogP contribution in [0.15, 0.2) is 0 Å². The average molecular weight is 247 g/mol. The lowest BCUT2D eigenvalue weighted by Crippen LogP contribution is -2.20. The molecule has 0 rings (SSSR count). The van der Waals surface area contributed by atoms with E-state index in [2.05, 4.69) is 44.8 Å². The first-order valence-electron chi connectivity index (χ1n) is 6.56. The first-order valence-corrected chi connectivity index (χ1v) is 7.72. The normalized spacial score (nSPS) is 13.3. The molecule has 0 aromatic heterocycles. The molecule has 1 N–H and O–H groups in total. The van der Waals surface area contributed by atoms with Crippen molar-refractivity contribution in [2.24, 2.45) is 5.92 Å². The zero-order valence-corrected chi connectivity index (χ0v) is 12.2.